The fourth-order valence-corrected chi connectivity index (χ4v) is 2.12. The third-order valence-electron chi connectivity index (χ3n) is 2.09. The minimum absolute atomic E-state index is 0.0305. The summed E-state index contributed by atoms with van der Waals surface area (Å²) in [5, 5.41) is 2.90. The molecule has 0 saturated carbocycles. The molecule has 3 heteroatoms. The van der Waals surface area contributed by atoms with E-state index in [0.29, 0.717) is 6.54 Å². The number of hydrogen-bond acceptors (Lipinski definition) is 2. The summed E-state index contributed by atoms with van der Waals surface area (Å²) in [5.74, 6) is 0.0305. The minimum atomic E-state index is 0.0305. The van der Waals surface area contributed by atoms with Gasteiger partial charge in [-0.1, -0.05) is 13.0 Å². The molecule has 15 heavy (non-hydrogen) atoms. The van der Waals surface area contributed by atoms with Gasteiger partial charge < -0.3 is 5.32 Å². The first-order valence-corrected chi connectivity index (χ1v) is 5.95. The monoisotopic (exact) mass is 223 g/mol. The fraction of sp³-hybridized carbons (Fsp3) is 0.417. The van der Waals surface area contributed by atoms with Gasteiger partial charge >= 0.3 is 0 Å². The second-order valence-corrected chi connectivity index (χ2v) is 4.86. The van der Waals surface area contributed by atoms with E-state index in [-0.39, 0.29) is 5.91 Å². The van der Waals surface area contributed by atoms with Crippen molar-refractivity contribution in [2.75, 3.05) is 0 Å². The minimum Gasteiger partial charge on any atom is -0.347 e. The first-order chi connectivity index (χ1) is 7.13. The number of carbonyl (C=O) groups excluding carboxylic acids is 1. The third kappa shape index (κ3) is 3.88. The average Bonchev–Trinajstić information content (AvgIpc) is 2.61. The highest BCUT2D eigenvalue weighted by Gasteiger charge is 2.03. The molecule has 0 aliphatic heterocycles. The Labute approximate surface area is 95.0 Å². The van der Waals surface area contributed by atoms with Crippen LogP contribution < -0.4 is 5.32 Å². The zero-order valence-electron chi connectivity index (χ0n) is 9.46. The molecule has 0 bridgehead atoms. The van der Waals surface area contributed by atoms with E-state index < -0.39 is 0 Å². The average molecular weight is 223 g/mol. The molecule has 2 nitrogen and oxygen atoms in total. The molecule has 0 unspecified atom stereocenters. The van der Waals surface area contributed by atoms with E-state index in [1.807, 2.05) is 19.9 Å². The van der Waals surface area contributed by atoms with E-state index >= 15 is 0 Å². The van der Waals surface area contributed by atoms with Crippen LogP contribution in [0.5, 0.6) is 0 Å². The standard InChI is InChI=1S/C12H17NOS/c1-4-5-9(2)12(14)13-8-11-7-6-10(3)15-11/h5-7H,4,8H2,1-3H3,(H,13,14)/b9-5+. The molecule has 82 valence electrons. The zero-order chi connectivity index (χ0) is 11.3. The molecule has 0 aliphatic rings. The van der Waals surface area contributed by atoms with Crippen LogP contribution in [0, 0.1) is 6.92 Å². The van der Waals surface area contributed by atoms with Crippen molar-refractivity contribution < 1.29 is 4.79 Å². The summed E-state index contributed by atoms with van der Waals surface area (Å²) in [5.41, 5.74) is 0.797. The summed E-state index contributed by atoms with van der Waals surface area (Å²) in [7, 11) is 0. The molecule has 0 atom stereocenters. The second-order valence-electron chi connectivity index (χ2n) is 3.49. The number of thiophene rings is 1. The van der Waals surface area contributed by atoms with Gasteiger partial charge in [-0.2, -0.15) is 0 Å². The maximum atomic E-state index is 11.5. The quantitative estimate of drug-likeness (QED) is 0.781. The Morgan fingerprint density at radius 2 is 2.27 bits per heavy atom. The summed E-state index contributed by atoms with van der Waals surface area (Å²) in [6.07, 6.45) is 2.84. The molecule has 1 aromatic rings. The summed E-state index contributed by atoms with van der Waals surface area (Å²) >= 11 is 1.72. The molecule has 0 aliphatic carbocycles. The lowest BCUT2D eigenvalue weighted by atomic mass is 10.2. The predicted molar refractivity (Wildman–Crippen MR) is 65.0 cm³/mol. The number of hydrogen-bond donors (Lipinski definition) is 1. The Morgan fingerprint density at radius 3 is 2.80 bits per heavy atom. The highest BCUT2D eigenvalue weighted by Crippen LogP contribution is 2.14. The molecule has 1 aromatic heterocycles. The topological polar surface area (TPSA) is 29.1 Å². The number of amides is 1. The fourth-order valence-electron chi connectivity index (χ4n) is 1.29. The van der Waals surface area contributed by atoms with Crippen molar-refractivity contribution in [3.63, 3.8) is 0 Å². The van der Waals surface area contributed by atoms with Crippen molar-refractivity contribution >= 4 is 17.2 Å². The number of nitrogens with one attached hydrogen (secondary N) is 1. The first kappa shape index (κ1) is 12.0. The molecule has 0 aromatic carbocycles. The van der Waals surface area contributed by atoms with Crippen LogP contribution in [-0.4, -0.2) is 5.91 Å². The predicted octanol–water partition coefficient (Wildman–Crippen LogP) is 3.03. The van der Waals surface area contributed by atoms with Crippen molar-refractivity contribution in [3.05, 3.63) is 33.5 Å². The van der Waals surface area contributed by atoms with Crippen LogP contribution in [0.3, 0.4) is 0 Å². The van der Waals surface area contributed by atoms with E-state index in [0.717, 1.165) is 12.0 Å². The van der Waals surface area contributed by atoms with Gasteiger partial charge in [0.25, 0.3) is 0 Å². The van der Waals surface area contributed by atoms with Crippen LogP contribution >= 0.6 is 11.3 Å². The zero-order valence-corrected chi connectivity index (χ0v) is 10.3. The van der Waals surface area contributed by atoms with Gasteiger partial charge in [0.15, 0.2) is 0 Å². The number of rotatable bonds is 4. The largest absolute Gasteiger partial charge is 0.347 e. The molecule has 0 spiro atoms. The van der Waals surface area contributed by atoms with Gasteiger partial charge in [0, 0.05) is 15.3 Å². The van der Waals surface area contributed by atoms with Crippen molar-refractivity contribution in [1.82, 2.24) is 5.32 Å². The SMILES string of the molecule is CC/C=C(\C)C(=O)NCc1ccc(C)s1. The number of allylic oxidation sites excluding steroid dienone is 1. The Bertz CT molecular complexity index is 365. The van der Waals surface area contributed by atoms with Crippen molar-refractivity contribution in [2.45, 2.75) is 33.7 Å². The highest BCUT2D eigenvalue weighted by atomic mass is 32.1. The molecule has 0 saturated heterocycles. The van der Waals surface area contributed by atoms with Crippen LogP contribution in [-0.2, 0) is 11.3 Å². The molecule has 0 radical (unpaired) electrons. The molecule has 1 amide bonds. The number of carbonyl (C=O) groups is 1. The molecule has 1 rings (SSSR count). The van der Waals surface area contributed by atoms with Crippen molar-refractivity contribution in [3.8, 4) is 0 Å². The van der Waals surface area contributed by atoms with E-state index in [9.17, 15) is 4.79 Å². The van der Waals surface area contributed by atoms with Crippen molar-refractivity contribution in [2.24, 2.45) is 0 Å². The van der Waals surface area contributed by atoms with Gasteiger partial charge in [-0.3, -0.25) is 4.79 Å². The van der Waals surface area contributed by atoms with Crippen LogP contribution in [0.1, 0.15) is 30.0 Å². The normalized spacial score (nSPS) is 11.5. The molecular formula is C12H17NOS. The van der Waals surface area contributed by atoms with Crippen LogP contribution in [0.25, 0.3) is 0 Å². The van der Waals surface area contributed by atoms with E-state index in [4.69, 9.17) is 0 Å². The lowest BCUT2D eigenvalue weighted by Gasteiger charge is -2.03. The summed E-state index contributed by atoms with van der Waals surface area (Å²) < 4.78 is 0. The summed E-state index contributed by atoms with van der Waals surface area (Å²) in [6.45, 7) is 6.57. The van der Waals surface area contributed by atoms with Gasteiger partial charge in [-0.15, -0.1) is 11.3 Å². The van der Waals surface area contributed by atoms with Crippen LogP contribution in [0.15, 0.2) is 23.8 Å². The smallest absolute Gasteiger partial charge is 0.246 e. The van der Waals surface area contributed by atoms with Crippen LogP contribution in [0.2, 0.25) is 0 Å². The Balaban J connectivity index is 2.44. The van der Waals surface area contributed by atoms with E-state index in [2.05, 4.69) is 24.4 Å². The maximum absolute atomic E-state index is 11.5. The van der Waals surface area contributed by atoms with Gasteiger partial charge in [0.2, 0.25) is 5.91 Å². The first-order valence-electron chi connectivity index (χ1n) is 5.13. The van der Waals surface area contributed by atoms with Gasteiger partial charge in [-0.25, -0.2) is 0 Å². The Kier molecular flexibility index (Phi) is 4.56. The van der Waals surface area contributed by atoms with Gasteiger partial charge in [0.1, 0.15) is 0 Å². The molecule has 0 fully saturated rings. The Morgan fingerprint density at radius 1 is 1.53 bits per heavy atom. The lowest BCUT2D eigenvalue weighted by molar-refractivity contribution is -0.117. The Hall–Kier alpha value is -1.09. The second kappa shape index (κ2) is 5.71. The van der Waals surface area contributed by atoms with E-state index in [1.54, 1.807) is 11.3 Å². The third-order valence-corrected chi connectivity index (χ3v) is 3.09. The van der Waals surface area contributed by atoms with E-state index in [1.165, 1.54) is 9.75 Å². The molecular weight excluding hydrogens is 206 g/mol. The summed E-state index contributed by atoms with van der Waals surface area (Å²) in [6, 6.07) is 4.13. The molecule has 1 heterocycles. The van der Waals surface area contributed by atoms with Gasteiger partial charge in [-0.05, 0) is 32.4 Å². The molecule has 1 N–H and O–H groups in total. The lowest BCUT2D eigenvalue weighted by Crippen LogP contribution is -2.22. The van der Waals surface area contributed by atoms with Crippen LogP contribution in [0.4, 0.5) is 0 Å². The summed E-state index contributed by atoms with van der Waals surface area (Å²) in [4.78, 5) is 14.0. The highest BCUT2D eigenvalue weighted by molar-refractivity contribution is 7.11. The van der Waals surface area contributed by atoms with Crippen molar-refractivity contribution in [1.29, 1.82) is 0 Å². The number of aryl methyl sites for hydroxylation is 1. The maximum Gasteiger partial charge on any atom is 0.246 e. The van der Waals surface area contributed by atoms with Gasteiger partial charge in [0.05, 0.1) is 6.54 Å².